The van der Waals surface area contributed by atoms with Crippen LogP contribution in [0.25, 0.3) is 33.2 Å². The highest BCUT2D eigenvalue weighted by Gasteiger charge is 2.15. The van der Waals surface area contributed by atoms with Crippen molar-refractivity contribution in [3.63, 3.8) is 0 Å². The van der Waals surface area contributed by atoms with Crippen molar-refractivity contribution in [3.8, 4) is 11.3 Å². The summed E-state index contributed by atoms with van der Waals surface area (Å²) in [7, 11) is 0. The second kappa shape index (κ2) is 6.97. The number of aromatic amines is 2. The predicted molar refractivity (Wildman–Crippen MR) is 114 cm³/mol. The Morgan fingerprint density at radius 2 is 1.67 bits per heavy atom. The number of aromatic nitrogens is 3. The van der Waals surface area contributed by atoms with E-state index in [9.17, 15) is 14.0 Å². The molecule has 6 nitrogen and oxygen atoms in total. The zero-order chi connectivity index (χ0) is 20.7. The molecule has 0 atom stereocenters. The molecule has 3 aromatic carbocycles. The van der Waals surface area contributed by atoms with Gasteiger partial charge in [0.2, 0.25) is 0 Å². The Labute approximate surface area is 169 Å². The summed E-state index contributed by atoms with van der Waals surface area (Å²) in [6.07, 6.45) is 0. The molecular weight excluding hydrogens is 383 g/mol. The van der Waals surface area contributed by atoms with Crippen LogP contribution in [0.15, 0.2) is 77.6 Å². The molecule has 5 aromatic rings. The van der Waals surface area contributed by atoms with Crippen molar-refractivity contribution in [1.82, 2.24) is 15.0 Å². The maximum absolute atomic E-state index is 13.3. The van der Waals surface area contributed by atoms with Crippen molar-refractivity contribution in [2.75, 3.05) is 5.32 Å². The lowest BCUT2D eigenvalue weighted by Crippen LogP contribution is -2.13. The highest BCUT2D eigenvalue weighted by molar-refractivity contribution is 6.13. The molecule has 0 aliphatic carbocycles. The molecular formula is C23H15FN4O2. The number of carbonyl (C=O) groups excluding carboxylic acids is 1. The van der Waals surface area contributed by atoms with Gasteiger partial charge >= 0.3 is 5.69 Å². The molecule has 3 N–H and O–H groups in total. The third-order valence-electron chi connectivity index (χ3n) is 4.87. The Kier molecular flexibility index (Phi) is 4.14. The summed E-state index contributed by atoms with van der Waals surface area (Å²) in [5, 5.41) is 3.58. The fraction of sp³-hybridized carbons (Fsp3) is 0. The first-order valence-corrected chi connectivity index (χ1v) is 9.26. The summed E-state index contributed by atoms with van der Waals surface area (Å²) in [4.78, 5) is 34.5. The third kappa shape index (κ3) is 3.22. The zero-order valence-corrected chi connectivity index (χ0v) is 15.6. The van der Waals surface area contributed by atoms with Crippen LogP contribution in [-0.4, -0.2) is 20.9 Å². The van der Waals surface area contributed by atoms with E-state index in [2.05, 4.69) is 20.3 Å². The number of rotatable bonds is 3. The lowest BCUT2D eigenvalue weighted by Gasteiger charge is -2.11. The van der Waals surface area contributed by atoms with Gasteiger partial charge in [0, 0.05) is 16.6 Å². The Bertz CT molecular complexity index is 1470. The van der Waals surface area contributed by atoms with E-state index in [4.69, 9.17) is 0 Å². The normalized spacial score (nSPS) is 11.1. The largest absolute Gasteiger partial charge is 0.323 e. The quantitative estimate of drug-likeness (QED) is 0.419. The summed E-state index contributed by atoms with van der Waals surface area (Å²) in [5.74, 6) is -0.648. The van der Waals surface area contributed by atoms with Gasteiger partial charge in [-0.05, 0) is 54.6 Å². The van der Waals surface area contributed by atoms with Crippen LogP contribution in [0.3, 0.4) is 0 Å². The van der Waals surface area contributed by atoms with E-state index < -0.39 is 0 Å². The minimum atomic E-state index is -0.337. The number of fused-ring (bicyclic) bond motifs is 2. The van der Waals surface area contributed by atoms with Crippen molar-refractivity contribution < 1.29 is 9.18 Å². The molecule has 5 rings (SSSR count). The Morgan fingerprint density at radius 3 is 2.50 bits per heavy atom. The van der Waals surface area contributed by atoms with Crippen LogP contribution in [0.5, 0.6) is 0 Å². The van der Waals surface area contributed by atoms with Crippen LogP contribution in [0.4, 0.5) is 10.1 Å². The molecule has 0 fully saturated rings. The van der Waals surface area contributed by atoms with Crippen molar-refractivity contribution >= 4 is 33.5 Å². The highest BCUT2D eigenvalue weighted by Crippen LogP contribution is 2.26. The molecule has 0 aliphatic heterocycles. The number of hydrogen-bond donors (Lipinski definition) is 3. The van der Waals surface area contributed by atoms with Gasteiger partial charge in [-0.3, -0.25) is 4.79 Å². The van der Waals surface area contributed by atoms with Crippen molar-refractivity contribution in [2.45, 2.75) is 0 Å². The van der Waals surface area contributed by atoms with Crippen LogP contribution in [0.1, 0.15) is 10.4 Å². The van der Waals surface area contributed by atoms with Crippen LogP contribution >= 0.6 is 0 Å². The summed E-state index contributed by atoms with van der Waals surface area (Å²) >= 11 is 0. The molecule has 0 spiro atoms. The number of para-hydroxylation sites is 1. The summed E-state index contributed by atoms with van der Waals surface area (Å²) in [6.45, 7) is 0. The number of imidazole rings is 1. The Morgan fingerprint density at radius 1 is 0.900 bits per heavy atom. The van der Waals surface area contributed by atoms with Crippen molar-refractivity contribution in [2.24, 2.45) is 0 Å². The van der Waals surface area contributed by atoms with E-state index in [1.54, 1.807) is 36.4 Å². The van der Waals surface area contributed by atoms with Gasteiger partial charge in [-0.15, -0.1) is 0 Å². The fourth-order valence-electron chi connectivity index (χ4n) is 3.44. The number of nitrogens with zero attached hydrogens (tertiary/aromatic N) is 1. The maximum atomic E-state index is 13.3. The van der Waals surface area contributed by atoms with Crippen LogP contribution in [0.2, 0.25) is 0 Å². The molecule has 7 heteroatoms. The molecule has 30 heavy (non-hydrogen) atoms. The maximum Gasteiger partial charge on any atom is 0.323 e. The van der Waals surface area contributed by atoms with E-state index in [1.165, 1.54) is 12.1 Å². The van der Waals surface area contributed by atoms with E-state index in [-0.39, 0.29) is 17.4 Å². The molecule has 1 amide bonds. The average Bonchev–Trinajstić information content (AvgIpc) is 3.12. The second-order valence-corrected chi connectivity index (χ2v) is 6.87. The van der Waals surface area contributed by atoms with E-state index in [0.717, 1.165) is 0 Å². The molecule has 2 heterocycles. The van der Waals surface area contributed by atoms with Gasteiger partial charge in [0.25, 0.3) is 5.91 Å². The van der Waals surface area contributed by atoms with Crippen molar-refractivity contribution in [3.05, 3.63) is 94.7 Å². The van der Waals surface area contributed by atoms with Crippen LogP contribution in [-0.2, 0) is 0 Å². The first-order chi connectivity index (χ1) is 14.6. The van der Waals surface area contributed by atoms with Gasteiger partial charge in [0.1, 0.15) is 5.82 Å². The zero-order valence-electron chi connectivity index (χ0n) is 15.6. The minimum absolute atomic E-state index is 0.308. The van der Waals surface area contributed by atoms with Gasteiger partial charge < -0.3 is 15.3 Å². The molecule has 0 saturated carbocycles. The smallest absolute Gasteiger partial charge is 0.322 e. The lowest BCUT2D eigenvalue weighted by atomic mass is 10.0. The summed E-state index contributed by atoms with van der Waals surface area (Å²) in [6, 6.07) is 20.2. The standard InChI is InChI=1S/C23H15FN4O2/c24-14-7-5-13(6-8-14)20-12-17(16-3-1-2-4-18(16)26-20)22(29)25-15-9-10-19-21(11-15)28-23(30)27-19/h1-12H,(H,25,29)(H2,27,28,30). The number of halogens is 1. The number of pyridine rings is 1. The summed E-state index contributed by atoms with van der Waals surface area (Å²) < 4.78 is 13.3. The molecule has 0 radical (unpaired) electrons. The molecule has 0 aliphatic rings. The van der Waals surface area contributed by atoms with E-state index >= 15 is 0 Å². The number of hydrogen-bond acceptors (Lipinski definition) is 3. The molecule has 0 bridgehead atoms. The van der Waals surface area contributed by atoms with Gasteiger partial charge in [0.05, 0.1) is 27.8 Å². The van der Waals surface area contributed by atoms with E-state index in [0.29, 0.717) is 44.4 Å². The van der Waals surface area contributed by atoms with Gasteiger partial charge in [-0.2, -0.15) is 0 Å². The van der Waals surface area contributed by atoms with Gasteiger partial charge in [-0.1, -0.05) is 18.2 Å². The lowest BCUT2D eigenvalue weighted by molar-refractivity contribution is 0.102. The molecule has 146 valence electrons. The van der Waals surface area contributed by atoms with Crippen molar-refractivity contribution in [1.29, 1.82) is 0 Å². The Balaban J connectivity index is 1.58. The molecule has 2 aromatic heterocycles. The molecule has 0 unspecified atom stereocenters. The third-order valence-corrected chi connectivity index (χ3v) is 4.87. The Hall–Kier alpha value is -4.26. The first kappa shape index (κ1) is 17.8. The van der Waals surface area contributed by atoms with Gasteiger partial charge in [-0.25, -0.2) is 14.2 Å². The van der Waals surface area contributed by atoms with Crippen LogP contribution < -0.4 is 11.0 Å². The topological polar surface area (TPSA) is 90.6 Å². The van der Waals surface area contributed by atoms with Crippen LogP contribution in [0, 0.1) is 5.82 Å². The van der Waals surface area contributed by atoms with E-state index in [1.807, 2.05) is 24.3 Å². The first-order valence-electron chi connectivity index (χ1n) is 9.26. The number of H-pyrrole nitrogens is 2. The minimum Gasteiger partial charge on any atom is -0.322 e. The average molecular weight is 398 g/mol. The fourth-order valence-corrected chi connectivity index (χ4v) is 3.44. The SMILES string of the molecule is O=C(Nc1ccc2[nH]c(=O)[nH]c2c1)c1cc(-c2ccc(F)cc2)nc2ccccc12. The number of anilines is 1. The highest BCUT2D eigenvalue weighted by atomic mass is 19.1. The van der Waals surface area contributed by atoms with Gasteiger partial charge in [0.15, 0.2) is 0 Å². The number of amides is 1. The number of benzene rings is 3. The summed E-state index contributed by atoms with van der Waals surface area (Å²) in [5.41, 5.74) is 3.89. The number of carbonyl (C=O) groups is 1. The second-order valence-electron chi connectivity index (χ2n) is 6.87. The predicted octanol–water partition coefficient (Wildman–Crippen LogP) is 4.46. The number of nitrogens with one attached hydrogen (secondary N) is 3. The molecule has 0 saturated heterocycles. The monoisotopic (exact) mass is 398 g/mol.